The smallest absolute Gasteiger partial charge is 0.326 e. The van der Waals surface area contributed by atoms with Crippen molar-refractivity contribution in [2.24, 2.45) is 17.2 Å². The highest BCUT2D eigenvalue weighted by Crippen LogP contribution is 2.03. The lowest BCUT2D eigenvalue weighted by atomic mass is 10.1. The van der Waals surface area contributed by atoms with Gasteiger partial charge in [-0.05, 0) is 32.7 Å². The monoisotopic (exact) mass is 375 g/mol. The molecule has 0 rings (SSSR count). The Bertz CT molecular complexity index is 499. The number of carbonyl (C=O) groups excluding carboxylic acids is 3. The first kappa shape index (κ1) is 23.8. The predicted molar refractivity (Wildman–Crippen MR) is 92.5 cm³/mol. The van der Waals surface area contributed by atoms with E-state index in [0.717, 1.165) is 0 Å². The number of hydrogen-bond donors (Lipinski definition) is 7. The second kappa shape index (κ2) is 12.2. The van der Waals surface area contributed by atoms with Gasteiger partial charge in [-0.25, -0.2) is 4.79 Å². The molecular weight excluding hydrogens is 346 g/mol. The highest BCUT2D eigenvalue weighted by molar-refractivity contribution is 5.92. The van der Waals surface area contributed by atoms with Crippen LogP contribution in [0.2, 0.25) is 0 Å². The van der Waals surface area contributed by atoms with Crippen molar-refractivity contribution in [2.45, 2.75) is 63.3 Å². The van der Waals surface area contributed by atoms with Crippen molar-refractivity contribution in [3.8, 4) is 0 Å². The topological polar surface area (TPSA) is 211 Å². The fraction of sp³-hybridized carbons (Fsp3) is 0.733. The van der Waals surface area contributed by atoms with E-state index in [2.05, 4.69) is 10.6 Å². The molecule has 11 heteroatoms. The quantitative estimate of drug-likeness (QED) is 0.166. The molecule has 4 atom stereocenters. The number of aliphatic carboxylic acids is 1. The summed E-state index contributed by atoms with van der Waals surface area (Å²) in [6.07, 6.45) is -0.0645. The van der Waals surface area contributed by atoms with Crippen molar-refractivity contribution in [1.82, 2.24) is 10.6 Å². The molecule has 0 aromatic rings. The lowest BCUT2D eigenvalue weighted by molar-refractivity contribution is -0.143. The first-order valence-corrected chi connectivity index (χ1v) is 8.35. The Morgan fingerprint density at radius 1 is 1.04 bits per heavy atom. The normalized spacial score (nSPS) is 15.4. The zero-order chi connectivity index (χ0) is 20.3. The summed E-state index contributed by atoms with van der Waals surface area (Å²) in [5.74, 6) is -3.63. The van der Waals surface area contributed by atoms with E-state index in [1.165, 1.54) is 6.92 Å². The molecule has 0 heterocycles. The molecule has 0 aliphatic heterocycles. The van der Waals surface area contributed by atoms with Crippen LogP contribution in [0.1, 0.15) is 39.0 Å². The van der Waals surface area contributed by atoms with Crippen molar-refractivity contribution in [2.75, 3.05) is 6.54 Å². The van der Waals surface area contributed by atoms with Crippen LogP contribution in [0.3, 0.4) is 0 Å². The van der Waals surface area contributed by atoms with Gasteiger partial charge in [-0.2, -0.15) is 0 Å². The number of rotatable bonds is 13. The van der Waals surface area contributed by atoms with E-state index in [9.17, 15) is 24.3 Å². The third kappa shape index (κ3) is 9.30. The Balaban J connectivity index is 4.84. The SMILES string of the molecule is CC(O)C(NC(=O)C(N)CCCCN)C(=O)NC(CCC(N)=O)C(=O)O. The van der Waals surface area contributed by atoms with Crippen molar-refractivity contribution in [3.05, 3.63) is 0 Å². The molecule has 26 heavy (non-hydrogen) atoms. The molecule has 3 amide bonds. The fourth-order valence-electron chi connectivity index (χ4n) is 2.11. The maximum Gasteiger partial charge on any atom is 0.326 e. The highest BCUT2D eigenvalue weighted by atomic mass is 16.4. The van der Waals surface area contributed by atoms with E-state index in [0.29, 0.717) is 25.8 Å². The Morgan fingerprint density at radius 3 is 2.12 bits per heavy atom. The molecule has 11 nitrogen and oxygen atoms in total. The highest BCUT2D eigenvalue weighted by Gasteiger charge is 2.30. The first-order valence-electron chi connectivity index (χ1n) is 8.35. The van der Waals surface area contributed by atoms with Crippen LogP contribution >= 0.6 is 0 Å². The zero-order valence-corrected chi connectivity index (χ0v) is 14.8. The van der Waals surface area contributed by atoms with Gasteiger partial charge in [-0.15, -0.1) is 0 Å². The molecule has 10 N–H and O–H groups in total. The molecule has 0 radical (unpaired) electrons. The Kier molecular flexibility index (Phi) is 11.1. The lowest BCUT2D eigenvalue weighted by Gasteiger charge is -2.24. The second-order valence-corrected chi connectivity index (χ2v) is 6.02. The number of aliphatic hydroxyl groups is 1. The van der Waals surface area contributed by atoms with Crippen LogP contribution in [0, 0.1) is 0 Å². The van der Waals surface area contributed by atoms with Gasteiger partial charge in [0.2, 0.25) is 17.7 Å². The number of hydrogen-bond acceptors (Lipinski definition) is 7. The molecule has 150 valence electrons. The van der Waals surface area contributed by atoms with Gasteiger partial charge in [-0.1, -0.05) is 6.42 Å². The van der Waals surface area contributed by atoms with E-state index >= 15 is 0 Å². The number of amides is 3. The van der Waals surface area contributed by atoms with E-state index in [-0.39, 0.29) is 12.8 Å². The maximum atomic E-state index is 12.2. The number of carbonyl (C=O) groups is 4. The lowest BCUT2D eigenvalue weighted by Crippen LogP contribution is -2.58. The van der Waals surface area contributed by atoms with Crippen LogP contribution in [-0.2, 0) is 19.2 Å². The number of aliphatic hydroxyl groups excluding tert-OH is 1. The molecular formula is C15H29N5O6. The first-order chi connectivity index (χ1) is 12.1. The minimum absolute atomic E-state index is 0.213. The van der Waals surface area contributed by atoms with Gasteiger partial charge < -0.3 is 38.0 Å². The fourth-order valence-corrected chi connectivity index (χ4v) is 2.11. The summed E-state index contributed by atoms with van der Waals surface area (Å²) >= 11 is 0. The minimum Gasteiger partial charge on any atom is -0.480 e. The third-order valence-electron chi connectivity index (χ3n) is 3.66. The summed E-state index contributed by atoms with van der Waals surface area (Å²) in [5, 5.41) is 23.3. The summed E-state index contributed by atoms with van der Waals surface area (Å²) in [7, 11) is 0. The average Bonchev–Trinajstić information content (AvgIpc) is 2.55. The molecule has 0 aromatic carbocycles. The Hall–Kier alpha value is -2.24. The van der Waals surface area contributed by atoms with E-state index in [1.807, 2.05) is 0 Å². The van der Waals surface area contributed by atoms with E-state index in [4.69, 9.17) is 22.3 Å². The Morgan fingerprint density at radius 2 is 1.65 bits per heavy atom. The van der Waals surface area contributed by atoms with Gasteiger partial charge in [0.15, 0.2) is 0 Å². The van der Waals surface area contributed by atoms with Crippen molar-refractivity contribution < 1.29 is 29.4 Å². The van der Waals surface area contributed by atoms with Crippen LogP contribution < -0.4 is 27.8 Å². The van der Waals surface area contributed by atoms with Crippen LogP contribution in [0.25, 0.3) is 0 Å². The van der Waals surface area contributed by atoms with Crippen molar-refractivity contribution in [1.29, 1.82) is 0 Å². The number of carboxylic acids is 1. The van der Waals surface area contributed by atoms with Gasteiger partial charge in [0.05, 0.1) is 12.1 Å². The van der Waals surface area contributed by atoms with Crippen LogP contribution in [0.5, 0.6) is 0 Å². The number of carboxylic acid groups (broad SMARTS) is 1. The van der Waals surface area contributed by atoms with Gasteiger partial charge in [0.1, 0.15) is 12.1 Å². The standard InChI is InChI=1S/C15H29N5O6/c1-8(21)12(20-13(23)9(17)4-2-3-7-16)14(24)19-10(15(25)26)5-6-11(18)22/h8-10,12,21H,2-7,16-17H2,1H3,(H2,18,22)(H,19,24)(H,20,23)(H,25,26). The predicted octanol–water partition coefficient (Wildman–Crippen LogP) is -2.86. The molecule has 0 fully saturated rings. The largest absolute Gasteiger partial charge is 0.480 e. The molecule has 0 aromatic heterocycles. The minimum atomic E-state index is -1.39. The second-order valence-electron chi connectivity index (χ2n) is 6.02. The molecule has 4 unspecified atom stereocenters. The summed E-state index contributed by atoms with van der Waals surface area (Å²) in [6.45, 7) is 1.73. The molecule has 0 aliphatic carbocycles. The third-order valence-corrected chi connectivity index (χ3v) is 3.66. The summed E-state index contributed by atoms with van der Waals surface area (Å²) < 4.78 is 0. The summed E-state index contributed by atoms with van der Waals surface area (Å²) in [6, 6.07) is -3.66. The van der Waals surface area contributed by atoms with Gasteiger partial charge in [0, 0.05) is 6.42 Å². The molecule has 0 saturated heterocycles. The van der Waals surface area contributed by atoms with Crippen LogP contribution in [-0.4, -0.2) is 64.7 Å². The van der Waals surface area contributed by atoms with Gasteiger partial charge in [-0.3, -0.25) is 14.4 Å². The van der Waals surface area contributed by atoms with E-state index < -0.39 is 47.9 Å². The maximum absolute atomic E-state index is 12.2. The molecule has 0 bridgehead atoms. The molecule has 0 aliphatic rings. The zero-order valence-electron chi connectivity index (χ0n) is 14.8. The van der Waals surface area contributed by atoms with Gasteiger partial charge >= 0.3 is 5.97 Å². The summed E-state index contributed by atoms with van der Waals surface area (Å²) in [4.78, 5) is 46.2. The van der Waals surface area contributed by atoms with Gasteiger partial charge in [0.25, 0.3) is 0 Å². The number of unbranched alkanes of at least 4 members (excludes halogenated alkanes) is 1. The molecule has 0 saturated carbocycles. The Labute approximate surface area is 151 Å². The van der Waals surface area contributed by atoms with E-state index in [1.54, 1.807) is 0 Å². The number of nitrogens with two attached hydrogens (primary N) is 3. The van der Waals surface area contributed by atoms with Crippen molar-refractivity contribution >= 4 is 23.7 Å². The number of nitrogens with one attached hydrogen (secondary N) is 2. The van der Waals surface area contributed by atoms with Crippen molar-refractivity contribution in [3.63, 3.8) is 0 Å². The molecule has 0 spiro atoms. The number of primary amides is 1. The van der Waals surface area contributed by atoms with Crippen LogP contribution in [0.4, 0.5) is 0 Å². The van der Waals surface area contributed by atoms with Crippen LogP contribution in [0.15, 0.2) is 0 Å². The average molecular weight is 375 g/mol. The summed E-state index contributed by atoms with van der Waals surface area (Å²) in [5.41, 5.74) is 16.1.